The zero-order valence-corrected chi connectivity index (χ0v) is 4.88. The van der Waals surface area contributed by atoms with E-state index in [1.807, 2.05) is 13.8 Å². The highest BCUT2D eigenvalue weighted by atomic mass is 16.5. The molecule has 0 bridgehead atoms. The summed E-state index contributed by atoms with van der Waals surface area (Å²) in [6, 6.07) is 0. The minimum Gasteiger partial charge on any atom is -0.333 e. The standard InChI is InChI=1S/C5H7N2O/c1-4(2)5-3-8-7-6-5/h4H,1-2H3. The summed E-state index contributed by atoms with van der Waals surface area (Å²) < 4.78 is 4.39. The second kappa shape index (κ2) is 1.94. The van der Waals surface area contributed by atoms with Crippen molar-refractivity contribution in [3.05, 3.63) is 12.0 Å². The van der Waals surface area contributed by atoms with Crippen LogP contribution in [0.15, 0.2) is 4.52 Å². The van der Waals surface area contributed by atoms with Crippen LogP contribution in [0.4, 0.5) is 0 Å². The molecule has 0 atom stereocenters. The van der Waals surface area contributed by atoms with E-state index in [0.717, 1.165) is 5.69 Å². The van der Waals surface area contributed by atoms with Crippen molar-refractivity contribution in [1.82, 2.24) is 10.4 Å². The van der Waals surface area contributed by atoms with Gasteiger partial charge in [0.05, 0.1) is 0 Å². The number of nitrogens with zero attached hydrogens (tertiary/aromatic N) is 2. The minimum atomic E-state index is 0.362. The molecule has 1 heterocycles. The van der Waals surface area contributed by atoms with Crippen molar-refractivity contribution in [1.29, 1.82) is 0 Å². The summed E-state index contributed by atoms with van der Waals surface area (Å²) in [4.78, 5) is 0. The van der Waals surface area contributed by atoms with Crippen LogP contribution in [0.3, 0.4) is 0 Å². The molecule has 0 fully saturated rings. The number of hydrogen-bond acceptors (Lipinski definition) is 3. The summed E-state index contributed by atoms with van der Waals surface area (Å²) in [6.07, 6.45) is 2.54. The molecule has 0 aromatic carbocycles. The van der Waals surface area contributed by atoms with Gasteiger partial charge in [-0.05, 0) is 0 Å². The van der Waals surface area contributed by atoms with Crippen molar-refractivity contribution in [2.45, 2.75) is 19.8 Å². The molecule has 0 unspecified atom stereocenters. The van der Waals surface area contributed by atoms with Gasteiger partial charge in [-0.1, -0.05) is 13.8 Å². The number of rotatable bonds is 1. The Balaban J connectivity index is 2.77. The van der Waals surface area contributed by atoms with E-state index >= 15 is 0 Å². The third kappa shape index (κ3) is 0.857. The van der Waals surface area contributed by atoms with Gasteiger partial charge in [-0.15, -0.1) is 5.10 Å². The molecule has 1 rings (SSSR count). The molecule has 43 valence electrons. The first-order valence-corrected chi connectivity index (χ1v) is 2.50. The Hall–Kier alpha value is -0.860. The van der Waals surface area contributed by atoms with Crippen molar-refractivity contribution < 1.29 is 4.52 Å². The van der Waals surface area contributed by atoms with E-state index in [9.17, 15) is 0 Å². The molecule has 8 heavy (non-hydrogen) atoms. The Kier molecular flexibility index (Phi) is 1.28. The van der Waals surface area contributed by atoms with Gasteiger partial charge in [-0.25, -0.2) is 0 Å². The third-order valence-electron chi connectivity index (χ3n) is 0.886. The Labute approximate surface area is 47.7 Å². The summed E-state index contributed by atoms with van der Waals surface area (Å²) in [5.74, 6) is 0.362. The van der Waals surface area contributed by atoms with Crippen molar-refractivity contribution >= 4 is 0 Å². The summed E-state index contributed by atoms with van der Waals surface area (Å²) in [7, 11) is 0. The maximum absolute atomic E-state index is 4.39. The zero-order valence-electron chi connectivity index (χ0n) is 4.88. The van der Waals surface area contributed by atoms with Crippen LogP contribution in [0.2, 0.25) is 0 Å². The fourth-order valence-corrected chi connectivity index (χ4v) is 0.385. The third-order valence-corrected chi connectivity index (χ3v) is 0.886. The molecule has 3 heteroatoms. The lowest BCUT2D eigenvalue weighted by atomic mass is 10.2. The lowest BCUT2D eigenvalue weighted by Crippen LogP contribution is -1.85. The van der Waals surface area contributed by atoms with Gasteiger partial charge in [0.15, 0.2) is 0 Å². The molecule has 0 saturated carbocycles. The molecule has 1 radical (unpaired) electrons. The van der Waals surface area contributed by atoms with E-state index in [2.05, 4.69) is 21.2 Å². The molecular formula is C5H7N2O. The monoisotopic (exact) mass is 111 g/mol. The van der Waals surface area contributed by atoms with Crippen LogP contribution in [0, 0.1) is 6.26 Å². The van der Waals surface area contributed by atoms with Crippen LogP contribution in [0.5, 0.6) is 0 Å². The van der Waals surface area contributed by atoms with Crippen LogP contribution in [-0.2, 0) is 0 Å². The van der Waals surface area contributed by atoms with E-state index in [4.69, 9.17) is 0 Å². The average molecular weight is 111 g/mol. The highest BCUT2D eigenvalue weighted by Gasteiger charge is 2.01. The predicted molar refractivity (Wildman–Crippen MR) is 27.2 cm³/mol. The Bertz CT molecular complexity index is 145. The molecule has 0 aliphatic heterocycles. The van der Waals surface area contributed by atoms with Gasteiger partial charge in [-0.3, -0.25) is 0 Å². The maximum atomic E-state index is 4.39. The lowest BCUT2D eigenvalue weighted by molar-refractivity contribution is 0.387. The van der Waals surface area contributed by atoms with Gasteiger partial charge in [0.25, 0.3) is 0 Å². The molecule has 0 aliphatic rings. The van der Waals surface area contributed by atoms with Gasteiger partial charge in [0.1, 0.15) is 5.69 Å². The molecule has 3 nitrogen and oxygen atoms in total. The lowest BCUT2D eigenvalue weighted by Gasteiger charge is -1.90. The summed E-state index contributed by atoms with van der Waals surface area (Å²) >= 11 is 0. The number of aromatic nitrogens is 2. The zero-order chi connectivity index (χ0) is 5.98. The van der Waals surface area contributed by atoms with Crippen LogP contribution in [0.25, 0.3) is 0 Å². The largest absolute Gasteiger partial charge is 0.333 e. The smallest absolute Gasteiger partial charge is 0.230 e. The van der Waals surface area contributed by atoms with Crippen LogP contribution >= 0.6 is 0 Å². The summed E-state index contributed by atoms with van der Waals surface area (Å²) in [5, 5.41) is 6.91. The van der Waals surface area contributed by atoms with E-state index in [1.165, 1.54) is 0 Å². The molecule has 0 amide bonds. The molecular weight excluding hydrogens is 104 g/mol. The Morgan fingerprint density at radius 1 is 1.62 bits per heavy atom. The van der Waals surface area contributed by atoms with Crippen molar-refractivity contribution in [3.8, 4) is 0 Å². The van der Waals surface area contributed by atoms with Crippen molar-refractivity contribution in [2.75, 3.05) is 0 Å². The minimum absolute atomic E-state index is 0.362. The maximum Gasteiger partial charge on any atom is 0.230 e. The normalized spacial score (nSPS) is 10.4. The number of hydrogen-bond donors (Lipinski definition) is 0. The van der Waals surface area contributed by atoms with Gasteiger partial charge < -0.3 is 4.52 Å². The van der Waals surface area contributed by atoms with Crippen LogP contribution in [0.1, 0.15) is 25.5 Å². The molecule has 1 aromatic heterocycles. The molecule has 1 aromatic rings. The fraction of sp³-hybridized carbons (Fsp3) is 0.600. The first kappa shape index (κ1) is 5.28. The summed E-state index contributed by atoms with van der Waals surface area (Å²) in [6.45, 7) is 4.02. The second-order valence-corrected chi connectivity index (χ2v) is 1.91. The van der Waals surface area contributed by atoms with E-state index in [0.29, 0.717) is 5.92 Å². The van der Waals surface area contributed by atoms with Gasteiger partial charge in [0.2, 0.25) is 6.26 Å². The fourth-order valence-electron chi connectivity index (χ4n) is 0.385. The average Bonchev–Trinajstić information content (AvgIpc) is 2.12. The van der Waals surface area contributed by atoms with Crippen molar-refractivity contribution in [2.24, 2.45) is 0 Å². The Morgan fingerprint density at radius 2 is 2.38 bits per heavy atom. The van der Waals surface area contributed by atoms with Gasteiger partial charge in [0, 0.05) is 11.2 Å². The second-order valence-electron chi connectivity index (χ2n) is 1.91. The molecule has 0 aliphatic carbocycles. The SMILES string of the molecule is CC(C)c1[c]onn1. The predicted octanol–water partition coefficient (Wildman–Crippen LogP) is 0.993. The van der Waals surface area contributed by atoms with E-state index < -0.39 is 0 Å². The first-order chi connectivity index (χ1) is 3.80. The topological polar surface area (TPSA) is 38.9 Å². The van der Waals surface area contributed by atoms with Crippen LogP contribution < -0.4 is 0 Å². The van der Waals surface area contributed by atoms with Crippen molar-refractivity contribution in [3.63, 3.8) is 0 Å². The Morgan fingerprint density at radius 3 is 2.62 bits per heavy atom. The van der Waals surface area contributed by atoms with Gasteiger partial charge in [-0.2, -0.15) is 0 Å². The highest BCUT2D eigenvalue weighted by molar-refractivity contribution is 4.92. The van der Waals surface area contributed by atoms with Gasteiger partial charge >= 0.3 is 0 Å². The summed E-state index contributed by atoms with van der Waals surface area (Å²) in [5.41, 5.74) is 0.782. The first-order valence-electron chi connectivity index (χ1n) is 2.50. The molecule has 0 saturated heterocycles. The van der Waals surface area contributed by atoms with E-state index in [-0.39, 0.29) is 0 Å². The quantitative estimate of drug-likeness (QED) is 0.542. The van der Waals surface area contributed by atoms with Crippen LogP contribution in [-0.4, -0.2) is 10.4 Å². The highest BCUT2D eigenvalue weighted by Crippen LogP contribution is 2.06. The molecule has 0 N–H and O–H groups in total. The molecule has 0 spiro atoms. The van der Waals surface area contributed by atoms with E-state index in [1.54, 1.807) is 0 Å².